The van der Waals surface area contributed by atoms with E-state index in [-0.39, 0.29) is 5.91 Å². The summed E-state index contributed by atoms with van der Waals surface area (Å²) in [6.45, 7) is 6.97. The van der Waals surface area contributed by atoms with Gasteiger partial charge in [0.1, 0.15) is 11.6 Å². The second kappa shape index (κ2) is 3.21. The lowest BCUT2D eigenvalue weighted by molar-refractivity contribution is -0.117. The molecule has 0 aliphatic carbocycles. The summed E-state index contributed by atoms with van der Waals surface area (Å²) in [5, 5.41) is 2.58. The third-order valence-electron chi connectivity index (χ3n) is 1.44. The van der Waals surface area contributed by atoms with Crippen molar-refractivity contribution < 1.29 is 4.79 Å². The standard InChI is InChI=1S/C8H11N3O/c1-6-9-4-5-11(6)7(2)10-8(3)12/h4-5H,2H2,1,3H3,(H,10,12). The summed E-state index contributed by atoms with van der Waals surface area (Å²) in [7, 11) is 0. The van der Waals surface area contributed by atoms with Gasteiger partial charge in [0.15, 0.2) is 0 Å². The van der Waals surface area contributed by atoms with E-state index in [2.05, 4.69) is 16.9 Å². The maximum absolute atomic E-state index is 10.7. The van der Waals surface area contributed by atoms with Crippen LogP contribution in [0.15, 0.2) is 19.0 Å². The third kappa shape index (κ3) is 1.72. The smallest absolute Gasteiger partial charge is 0.222 e. The van der Waals surface area contributed by atoms with Gasteiger partial charge in [-0.1, -0.05) is 6.58 Å². The first-order chi connectivity index (χ1) is 5.61. The summed E-state index contributed by atoms with van der Waals surface area (Å²) in [5.41, 5.74) is 0. The number of hydrogen-bond acceptors (Lipinski definition) is 2. The molecule has 0 saturated heterocycles. The minimum Gasteiger partial charge on any atom is -0.313 e. The van der Waals surface area contributed by atoms with E-state index in [0.717, 1.165) is 5.82 Å². The Morgan fingerprint density at radius 1 is 1.75 bits per heavy atom. The zero-order valence-electron chi connectivity index (χ0n) is 7.16. The minimum atomic E-state index is -0.131. The molecule has 64 valence electrons. The summed E-state index contributed by atoms with van der Waals surface area (Å²) >= 11 is 0. The number of aryl methyl sites for hydroxylation is 1. The van der Waals surface area contributed by atoms with Gasteiger partial charge in [0, 0.05) is 19.3 Å². The summed E-state index contributed by atoms with van der Waals surface area (Å²) < 4.78 is 1.71. The van der Waals surface area contributed by atoms with Crippen molar-refractivity contribution in [3.8, 4) is 0 Å². The molecule has 0 bridgehead atoms. The molecule has 1 rings (SSSR count). The highest BCUT2D eigenvalue weighted by molar-refractivity contribution is 5.79. The average molecular weight is 165 g/mol. The molecule has 0 atom stereocenters. The molecule has 0 aliphatic rings. The van der Waals surface area contributed by atoms with Gasteiger partial charge in [-0.2, -0.15) is 0 Å². The summed E-state index contributed by atoms with van der Waals surface area (Å²) in [4.78, 5) is 14.7. The molecule has 1 N–H and O–H groups in total. The lowest BCUT2D eigenvalue weighted by atomic mass is 10.6. The van der Waals surface area contributed by atoms with E-state index in [9.17, 15) is 4.79 Å². The molecular formula is C8H11N3O. The topological polar surface area (TPSA) is 46.9 Å². The van der Waals surface area contributed by atoms with Crippen molar-refractivity contribution in [2.75, 3.05) is 0 Å². The van der Waals surface area contributed by atoms with Crippen molar-refractivity contribution in [1.82, 2.24) is 14.9 Å². The Balaban J connectivity index is 2.78. The average Bonchev–Trinajstić information content (AvgIpc) is 2.33. The Kier molecular flexibility index (Phi) is 2.28. The van der Waals surface area contributed by atoms with Crippen LogP contribution in [-0.2, 0) is 4.79 Å². The van der Waals surface area contributed by atoms with Gasteiger partial charge in [0.2, 0.25) is 5.91 Å². The Bertz CT molecular complexity index is 314. The van der Waals surface area contributed by atoms with Crippen LogP contribution in [0.3, 0.4) is 0 Å². The molecule has 4 heteroatoms. The van der Waals surface area contributed by atoms with Crippen LogP contribution in [0.25, 0.3) is 5.82 Å². The van der Waals surface area contributed by atoms with Gasteiger partial charge in [-0.05, 0) is 6.92 Å². The molecule has 0 aliphatic heterocycles. The predicted octanol–water partition coefficient (Wildman–Crippen LogP) is 0.756. The molecule has 0 unspecified atom stereocenters. The summed E-state index contributed by atoms with van der Waals surface area (Å²) in [6, 6.07) is 0. The molecule has 1 aromatic heterocycles. The zero-order valence-corrected chi connectivity index (χ0v) is 7.16. The first-order valence-electron chi connectivity index (χ1n) is 3.58. The van der Waals surface area contributed by atoms with Crippen molar-refractivity contribution in [2.24, 2.45) is 0 Å². The van der Waals surface area contributed by atoms with E-state index in [0.29, 0.717) is 5.82 Å². The fourth-order valence-corrected chi connectivity index (χ4v) is 0.927. The normalized spacial score (nSPS) is 9.50. The number of nitrogens with zero attached hydrogens (tertiary/aromatic N) is 2. The minimum absolute atomic E-state index is 0.131. The van der Waals surface area contributed by atoms with Gasteiger partial charge >= 0.3 is 0 Å². The van der Waals surface area contributed by atoms with Crippen LogP contribution in [0.1, 0.15) is 12.7 Å². The molecule has 0 radical (unpaired) electrons. The second-order valence-corrected chi connectivity index (χ2v) is 2.47. The molecule has 1 heterocycles. The molecule has 0 spiro atoms. The molecule has 1 aromatic rings. The number of imidazole rings is 1. The molecule has 12 heavy (non-hydrogen) atoms. The van der Waals surface area contributed by atoms with Crippen molar-refractivity contribution >= 4 is 11.7 Å². The Morgan fingerprint density at radius 3 is 2.83 bits per heavy atom. The molecule has 1 amide bonds. The van der Waals surface area contributed by atoms with E-state index < -0.39 is 0 Å². The SMILES string of the molecule is C=C(NC(C)=O)n1ccnc1C. The highest BCUT2D eigenvalue weighted by atomic mass is 16.1. The lowest BCUT2D eigenvalue weighted by Gasteiger charge is -2.07. The third-order valence-corrected chi connectivity index (χ3v) is 1.44. The number of hydrogen-bond donors (Lipinski definition) is 1. The van der Waals surface area contributed by atoms with E-state index in [4.69, 9.17) is 0 Å². The van der Waals surface area contributed by atoms with Gasteiger partial charge < -0.3 is 5.32 Å². The first-order valence-corrected chi connectivity index (χ1v) is 3.58. The van der Waals surface area contributed by atoms with Gasteiger partial charge in [0.05, 0.1) is 0 Å². The predicted molar refractivity (Wildman–Crippen MR) is 46.1 cm³/mol. The fourth-order valence-electron chi connectivity index (χ4n) is 0.927. The molecule has 0 fully saturated rings. The largest absolute Gasteiger partial charge is 0.313 e. The molecular weight excluding hydrogens is 154 g/mol. The summed E-state index contributed by atoms with van der Waals surface area (Å²) in [6.07, 6.45) is 3.40. The van der Waals surface area contributed by atoms with Crippen LogP contribution < -0.4 is 5.32 Å². The maximum atomic E-state index is 10.7. The second-order valence-electron chi connectivity index (χ2n) is 2.47. The van der Waals surface area contributed by atoms with Gasteiger partial charge in [-0.25, -0.2) is 4.98 Å². The first kappa shape index (κ1) is 8.52. The van der Waals surface area contributed by atoms with Crippen molar-refractivity contribution in [3.63, 3.8) is 0 Å². The van der Waals surface area contributed by atoms with Crippen molar-refractivity contribution in [2.45, 2.75) is 13.8 Å². The Hall–Kier alpha value is -1.58. The van der Waals surface area contributed by atoms with Crippen LogP contribution in [0.5, 0.6) is 0 Å². The van der Waals surface area contributed by atoms with Crippen LogP contribution in [0.4, 0.5) is 0 Å². The number of amides is 1. The van der Waals surface area contributed by atoms with Gasteiger partial charge in [0.25, 0.3) is 0 Å². The number of carbonyl (C=O) groups excluding carboxylic acids is 1. The van der Waals surface area contributed by atoms with E-state index >= 15 is 0 Å². The molecule has 0 saturated carbocycles. The Labute approximate surface area is 70.9 Å². The highest BCUT2D eigenvalue weighted by Gasteiger charge is 2.01. The van der Waals surface area contributed by atoms with Crippen molar-refractivity contribution in [3.05, 3.63) is 24.8 Å². The van der Waals surface area contributed by atoms with Crippen LogP contribution in [0.2, 0.25) is 0 Å². The van der Waals surface area contributed by atoms with Crippen LogP contribution in [-0.4, -0.2) is 15.5 Å². The number of rotatable bonds is 2. The maximum Gasteiger partial charge on any atom is 0.222 e. The number of aromatic nitrogens is 2. The van der Waals surface area contributed by atoms with Gasteiger partial charge in [-0.15, -0.1) is 0 Å². The van der Waals surface area contributed by atoms with E-state index in [1.54, 1.807) is 17.0 Å². The number of carbonyl (C=O) groups is 1. The summed E-state index contributed by atoms with van der Waals surface area (Å²) in [5.74, 6) is 1.19. The molecule has 0 aromatic carbocycles. The molecule has 4 nitrogen and oxygen atoms in total. The van der Waals surface area contributed by atoms with Crippen molar-refractivity contribution in [1.29, 1.82) is 0 Å². The fraction of sp³-hybridized carbons (Fsp3) is 0.250. The number of nitrogens with one attached hydrogen (secondary N) is 1. The highest BCUT2D eigenvalue weighted by Crippen LogP contribution is 2.01. The lowest BCUT2D eigenvalue weighted by Crippen LogP contribution is -2.21. The van der Waals surface area contributed by atoms with Crippen LogP contribution in [0, 0.1) is 6.92 Å². The van der Waals surface area contributed by atoms with E-state index in [1.165, 1.54) is 6.92 Å². The van der Waals surface area contributed by atoms with Gasteiger partial charge in [-0.3, -0.25) is 9.36 Å². The monoisotopic (exact) mass is 165 g/mol. The van der Waals surface area contributed by atoms with E-state index in [1.807, 2.05) is 6.92 Å². The Morgan fingerprint density at radius 2 is 2.42 bits per heavy atom. The quantitative estimate of drug-likeness (QED) is 0.703. The van der Waals surface area contributed by atoms with Crippen LogP contribution >= 0.6 is 0 Å². The zero-order chi connectivity index (χ0) is 9.14.